The standard InChI is InChI=1S/C32H31F2N5O/c1-20-26-18-37-39(25-13-11-24(33)12-14-25)30(26)17-23-10-9-22(31(20)23)16-28(21-6-3-2-4-7-21)38-32(40)36-19-29-27(34)8-5-15-35-29/h2-8,11-15,17-18,20,22,28,37H,9-10,16,19H2,1H3,(H2,36,38,40)/t20-,22+,28?/m0/s1. The molecule has 3 atom stereocenters. The van der Waals surface area contributed by atoms with Crippen LogP contribution in [0.15, 0.2) is 108 Å². The summed E-state index contributed by atoms with van der Waals surface area (Å²) < 4.78 is 27.5. The van der Waals surface area contributed by atoms with E-state index in [9.17, 15) is 13.6 Å². The zero-order chi connectivity index (χ0) is 27.6. The van der Waals surface area contributed by atoms with Crippen LogP contribution in [-0.2, 0) is 6.54 Å². The first-order chi connectivity index (χ1) is 19.5. The monoisotopic (exact) mass is 539 g/mol. The second-order valence-electron chi connectivity index (χ2n) is 10.5. The molecule has 1 aliphatic heterocycles. The minimum atomic E-state index is -0.444. The van der Waals surface area contributed by atoms with E-state index >= 15 is 0 Å². The summed E-state index contributed by atoms with van der Waals surface area (Å²) in [5.74, 6) is -0.203. The number of anilines is 1. The number of halogens is 2. The summed E-state index contributed by atoms with van der Waals surface area (Å²) in [6.07, 6.45) is 8.52. The zero-order valence-electron chi connectivity index (χ0n) is 22.2. The lowest BCUT2D eigenvalue weighted by Crippen LogP contribution is -2.38. The van der Waals surface area contributed by atoms with E-state index in [1.165, 1.54) is 47.2 Å². The van der Waals surface area contributed by atoms with Gasteiger partial charge < -0.3 is 16.1 Å². The Labute approximate surface area is 232 Å². The van der Waals surface area contributed by atoms with Gasteiger partial charge in [-0.2, -0.15) is 0 Å². The molecule has 0 saturated carbocycles. The number of pyridine rings is 1. The normalized spacial score (nSPS) is 20.2. The fraction of sp³-hybridized carbons (Fsp3) is 0.250. The van der Waals surface area contributed by atoms with Crippen LogP contribution in [0.4, 0.5) is 19.3 Å². The molecule has 2 aliphatic carbocycles. The lowest BCUT2D eigenvalue weighted by atomic mass is 9.78. The molecule has 1 aromatic heterocycles. The summed E-state index contributed by atoms with van der Waals surface area (Å²) >= 11 is 0. The van der Waals surface area contributed by atoms with Crippen molar-refractivity contribution in [1.29, 1.82) is 0 Å². The van der Waals surface area contributed by atoms with Gasteiger partial charge in [-0.05, 0) is 78.8 Å². The van der Waals surface area contributed by atoms with Gasteiger partial charge in [0.1, 0.15) is 11.6 Å². The molecule has 0 spiro atoms. The number of hydrogen-bond acceptors (Lipinski definition) is 4. The number of amides is 2. The predicted octanol–water partition coefficient (Wildman–Crippen LogP) is 6.44. The van der Waals surface area contributed by atoms with Crippen LogP contribution >= 0.6 is 0 Å². The minimum absolute atomic E-state index is 0.00899. The molecule has 2 heterocycles. The highest BCUT2D eigenvalue weighted by atomic mass is 19.1. The van der Waals surface area contributed by atoms with Crippen LogP contribution in [0.25, 0.3) is 0 Å². The summed E-state index contributed by atoms with van der Waals surface area (Å²) in [5, 5.41) is 7.90. The second kappa shape index (κ2) is 11.0. The lowest BCUT2D eigenvalue weighted by Gasteiger charge is -2.31. The number of aromatic nitrogens is 1. The molecule has 40 heavy (non-hydrogen) atoms. The third-order valence-corrected chi connectivity index (χ3v) is 8.07. The Bertz CT molecular complexity index is 1500. The maximum absolute atomic E-state index is 14.0. The first-order valence-electron chi connectivity index (χ1n) is 13.6. The van der Waals surface area contributed by atoms with Crippen LogP contribution in [0.2, 0.25) is 0 Å². The molecule has 3 aromatic rings. The average molecular weight is 540 g/mol. The third kappa shape index (κ3) is 5.09. The van der Waals surface area contributed by atoms with Crippen molar-refractivity contribution in [3.63, 3.8) is 0 Å². The van der Waals surface area contributed by atoms with Crippen molar-refractivity contribution in [3.8, 4) is 0 Å². The van der Waals surface area contributed by atoms with Crippen molar-refractivity contribution < 1.29 is 13.6 Å². The van der Waals surface area contributed by atoms with Crippen molar-refractivity contribution in [1.82, 2.24) is 21.0 Å². The fourth-order valence-corrected chi connectivity index (χ4v) is 6.13. The largest absolute Gasteiger partial charge is 0.332 e. The number of nitrogens with zero attached hydrogens (tertiary/aromatic N) is 2. The van der Waals surface area contributed by atoms with Crippen molar-refractivity contribution in [3.05, 3.63) is 131 Å². The predicted molar refractivity (Wildman–Crippen MR) is 150 cm³/mol. The van der Waals surface area contributed by atoms with Gasteiger partial charge in [0.2, 0.25) is 0 Å². The van der Waals surface area contributed by atoms with E-state index in [1.807, 2.05) is 41.5 Å². The van der Waals surface area contributed by atoms with E-state index in [-0.39, 0.29) is 36.0 Å². The van der Waals surface area contributed by atoms with E-state index in [0.717, 1.165) is 36.2 Å². The number of benzene rings is 2. The zero-order valence-corrected chi connectivity index (χ0v) is 22.2. The lowest BCUT2D eigenvalue weighted by molar-refractivity contribution is 0.234. The van der Waals surface area contributed by atoms with E-state index in [1.54, 1.807) is 12.1 Å². The average Bonchev–Trinajstić information content (AvgIpc) is 3.58. The molecular weight excluding hydrogens is 508 g/mol. The van der Waals surface area contributed by atoms with Crippen LogP contribution in [0, 0.1) is 23.5 Å². The summed E-state index contributed by atoms with van der Waals surface area (Å²) in [7, 11) is 0. The van der Waals surface area contributed by atoms with Crippen molar-refractivity contribution in [2.75, 3.05) is 5.01 Å². The second-order valence-corrected chi connectivity index (χ2v) is 10.5. The first-order valence-corrected chi connectivity index (χ1v) is 13.6. The Morgan fingerprint density at radius 1 is 1.10 bits per heavy atom. The number of carbonyl (C=O) groups excluding carboxylic acids is 1. The van der Waals surface area contributed by atoms with E-state index in [2.05, 4.69) is 34.0 Å². The molecule has 204 valence electrons. The molecule has 1 unspecified atom stereocenters. The molecule has 0 bridgehead atoms. The number of hydrogen-bond donors (Lipinski definition) is 3. The number of nitrogens with one attached hydrogen (secondary N) is 3. The van der Waals surface area contributed by atoms with Crippen LogP contribution in [0.5, 0.6) is 0 Å². The summed E-state index contributed by atoms with van der Waals surface area (Å²) in [5.41, 5.74) is 10.5. The molecule has 3 aliphatic rings. The Morgan fingerprint density at radius 2 is 1.90 bits per heavy atom. The molecule has 6 rings (SSSR count). The van der Waals surface area contributed by atoms with Gasteiger partial charge in [-0.1, -0.05) is 42.8 Å². The number of carbonyl (C=O) groups is 1. The maximum Gasteiger partial charge on any atom is 0.315 e. The highest BCUT2D eigenvalue weighted by Gasteiger charge is 2.39. The molecule has 2 aromatic carbocycles. The SMILES string of the molecule is C[C@H]1C2=CNN(c3ccc(F)cc3)C2=CC2=C1[C@@H](CC(NC(=O)NCc1ncccc1F)c1ccccc1)CC2. The molecule has 8 heteroatoms. The van der Waals surface area contributed by atoms with E-state index < -0.39 is 5.82 Å². The first kappa shape index (κ1) is 25.8. The van der Waals surface area contributed by atoms with Crippen molar-refractivity contribution in [2.45, 2.75) is 38.8 Å². The van der Waals surface area contributed by atoms with Crippen molar-refractivity contribution >= 4 is 11.7 Å². The molecule has 0 radical (unpaired) electrons. The fourth-order valence-electron chi connectivity index (χ4n) is 6.13. The Hall–Kier alpha value is -4.46. The number of rotatable bonds is 7. The van der Waals surface area contributed by atoms with Gasteiger partial charge in [0, 0.05) is 23.9 Å². The third-order valence-electron chi connectivity index (χ3n) is 8.07. The number of hydrazine groups is 1. The topological polar surface area (TPSA) is 69.3 Å². The molecule has 3 N–H and O–H groups in total. The van der Waals surface area contributed by atoms with Crippen LogP contribution < -0.4 is 21.1 Å². The van der Waals surface area contributed by atoms with Crippen molar-refractivity contribution in [2.24, 2.45) is 11.8 Å². The smallest absolute Gasteiger partial charge is 0.315 e. The van der Waals surface area contributed by atoms with E-state index in [4.69, 9.17) is 0 Å². The molecule has 0 fully saturated rings. The molecule has 0 saturated heterocycles. The summed E-state index contributed by atoms with van der Waals surface area (Å²) in [6, 6.07) is 18.7. The molecule has 6 nitrogen and oxygen atoms in total. The van der Waals surface area contributed by atoms with E-state index in [0.29, 0.717) is 5.92 Å². The summed E-state index contributed by atoms with van der Waals surface area (Å²) in [6.45, 7) is 2.25. The number of urea groups is 1. The molecule has 2 amide bonds. The highest BCUT2D eigenvalue weighted by Crippen LogP contribution is 2.49. The minimum Gasteiger partial charge on any atom is -0.332 e. The van der Waals surface area contributed by atoms with Gasteiger partial charge in [0.15, 0.2) is 0 Å². The number of allylic oxidation sites excluding steroid dienone is 4. The molecular formula is C32H31F2N5O. The van der Waals surface area contributed by atoms with Gasteiger partial charge in [0.25, 0.3) is 0 Å². The summed E-state index contributed by atoms with van der Waals surface area (Å²) in [4.78, 5) is 17.0. The van der Waals surface area contributed by atoms with Gasteiger partial charge >= 0.3 is 6.03 Å². The van der Waals surface area contributed by atoms with Gasteiger partial charge in [-0.3, -0.25) is 9.99 Å². The quantitative estimate of drug-likeness (QED) is 0.323. The van der Waals surface area contributed by atoms with Crippen LogP contribution in [0.3, 0.4) is 0 Å². The Morgan fingerprint density at radius 3 is 2.67 bits per heavy atom. The van der Waals surface area contributed by atoms with Gasteiger partial charge in [-0.25, -0.2) is 13.6 Å². The maximum atomic E-state index is 14.0. The Balaban J connectivity index is 1.21. The van der Waals surface area contributed by atoms with Crippen LogP contribution in [0.1, 0.15) is 43.5 Å². The number of fused-ring (bicyclic) bond motifs is 1. The van der Waals surface area contributed by atoms with Gasteiger partial charge in [-0.15, -0.1) is 0 Å². The van der Waals surface area contributed by atoms with Crippen LogP contribution in [-0.4, -0.2) is 11.0 Å². The highest BCUT2D eigenvalue weighted by molar-refractivity contribution is 5.74. The van der Waals surface area contributed by atoms with Gasteiger partial charge in [0.05, 0.1) is 29.7 Å². The Kier molecular flexibility index (Phi) is 7.07.